The number of benzene rings is 2. The topological polar surface area (TPSA) is 108 Å². The highest BCUT2D eigenvalue weighted by atomic mass is 35.5. The van der Waals surface area contributed by atoms with Gasteiger partial charge in [0, 0.05) is 35.3 Å². The lowest BCUT2D eigenvalue weighted by Gasteiger charge is -2.23. The van der Waals surface area contributed by atoms with Crippen LogP contribution in [0.4, 0.5) is 5.69 Å². The second kappa shape index (κ2) is 10.2. The minimum atomic E-state index is -0.786. The summed E-state index contributed by atoms with van der Waals surface area (Å²) in [6, 6.07) is 11.6. The van der Waals surface area contributed by atoms with Crippen molar-refractivity contribution in [3.63, 3.8) is 0 Å². The Balaban J connectivity index is 2.02. The van der Waals surface area contributed by atoms with Crippen LogP contribution in [-0.4, -0.2) is 42.0 Å². The summed E-state index contributed by atoms with van der Waals surface area (Å²) in [6.07, 6.45) is 0.651. The van der Waals surface area contributed by atoms with Gasteiger partial charge in [-0.05, 0) is 56.2 Å². The van der Waals surface area contributed by atoms with E-state index in [4.69, 9.17) is 11.6 Å². The largest absolute Gasteiger partial charge is 0.394 e. The van der Waals surface area contributed by atoms with Crippen molar-refractivity contribution in [1.29, 1.82) is 0 Å². The first kappa shape index (κ1) is 23.4. The molecule has 0 radical (unpaired) electrons. The summed E-state index contributed by atoms with van der Waals surface area (Å²) < 4.78 is 0. The predicted molar refractivity (Wildman–Crippen MR) is 117 cm³/mol. The van der Waals surface area contributed by atoms with Crippen molar-refractivity contribution in [1.82, 2.24) is 10.6 Å². The Morgan fingerprint density at radius 1 is 1.03 bits per heavy atom. The summed E-state index contributed by atoms with van der Waals surface area (Å²) in [5.74, 6) is -0.835. The van der Waals surface area contributed by atoms with E-state index < -0.39 is 11.4 Å². The van der Waals surface area contributed by atoms with Crippen molar-refractivity contribution < 1.29 is 19.5 Å². The van der Waals surface area contributed by atoms with Crippen LogP contribution in [0.1, 0.15) is 46.5 Å². The Kier molecular flexibility index (Phi) is 7.97. The average Bonchev–Trinajstić information content (AvgIpc) is 2.71. The molecule has 0 aliphatic carbocycles. The van der Waals surface area contributed by atoms with E-state index in [2.05, 4.69) is 16.0 Å². The zero-order valence-electron chi connectivity index (χ0n) is 17.2. The smallest absolute Gasteiger partial charge is 0.251 e. The zero-order valence-corrected chi connectivity index (χ0v) is 18.0. The first-order chi connectivity index (χ1) is 14.1. The summed E-state index contributed by atoms with van der Waals surface area (Å²) in [5.41, 5.74) is 1.29. The molecule has 4 N–H and O–H groups in total. The first-order valence-electron chi connectivity index (χ1n) is 9.48. The molecule has 2 aromatic rings. The molecule has 0 heterocycles. The molecule has 160 valence electrons. The molecule has 0 bridgehead atoms. The minimum Gasteiger partial charge on any atom is -0.394 e. The summed E-state index contributed by atoms with van der Waals surface area (Å²) in [6.45, 7) is 3.17. The lowest BCUT2D eigenvalue weighted by atomic mass is 10.1. The molecule has 0 saturated heterocycles. The van der Waals surface area contributed by atoms with E-state index in [1.165, 1.54) is 12.1 Å². The average molecular weight is 432 g/mol. The number of halogens is 1. The minimum absolute atomic E-state index is 0.185. The Morgan fingerprint density at radius 3 is 2.43 bits per heavy atom. The third-order valence-electron chi connectivity index (χ3n) is 4.35. The van der Waals surface area contributed by atoms with Gasteiger partial charge in [-0.15, -0.1) is 0 Å². The molecule has 0 aliphatic heterocycles. The van der Waals surface area contributed by atoms with Gasteiger partial charge >= 0.3 is 0 Å². The highest BCUT2D eigenvalue weighted by Crippen LogP contribution is 2.20. The summed E-state index contributed by atoms with van der Waals surface area (Å²) >= 11 is 6.10. The van der Waals surface area contributed by atoms with Gasteiger partial charge in [0.1, 0.15) is 0 Å². The predicted octanol–water partition coefficient (Wildman–Crippen LogP) is 2.77. The van der Waals surface area contributed by atoms with Crippen LogP contribution in [0.5, 0.6) is 0 Å². The fourth-order valence-corrected chi connectivity index (χ4v) is 2.94. The van der Waals surface area contributed by atoms with Crippen molar-refractivity contribution in [2.24, 2.45) is 0 Å². The molecule has 2 rings (SSSR count). The normalized spacial score (nSPS) is 11.0. The van der Waals surface area contributed by atoms with Crippen molar-refractivity contribution in [2.45, 2.75) is 32.2 Å². The Hall–Kier alpha value is -2.90. The quantitative estimate of drug-likeness (QED) is 0.515. The molecule has 7 nitrogen and oxygen atoms in total. The van der Waals surface area contributed by atoms with Crippen LogP contribution in [0.2, 0.25) is 5.02 Å². The summed E-state index contributed by atoms with van der Waals surface area (Å²) in [4.78, 5) is 36.5. The van der Waals surface area contributed by atoms with Gasteiger partial charge in [0.25, 0.3) is 11.8 Å². The van der Waals surface area contributed by atoms with Gasteiger partial charge in [0.15, 0.2) is 0 Å². The van der Waals surface area contributed by atoms with E-state index in [0.717, 1.165) is 5.56 Å². The number of aryl methyl sites for hydroxylation is 1. The van der Waals surface area contributed by atoms with E-state index in [1.807, 2.05) is 6.07 Å². The number of hydrogen-bond acceptors (Lipinski definition) is 4. The van der Waals surface area contributed by atoms with Crippen molar-refractivity contribution >= 4 is 35.0 Å². The number of aliphatic hydroxyl groups is 1. The van der Waals surface area contributed by atoms with Crippen LogP contribution < -0.4 is 16.0 Å². The molecule has 0 fully saturated rings. The molecule has 30 heavy (non-hydrogen) atoms. The van der Waals surface area contributed by atoms with Crippen LogP contribution >= 0.6 is 11.6 Å². The van der Waals surface area contributed by atoms with E-state index >= 15 is 0 Å². The van der Waals surface area contributed by atoms with Crippen LogP contribution in [0.3, 0.4) is 0 Å². The fourth-order valence-electron chi connectivity index (χ4n) is 2.71. The Labute approximate surface area is 180 Å². The molecule has 0 atom stereocenters. The maximum absolute atomic E-state index is 12.4. The van der Waals surface area contributed by atoms with Gasteiger partial charge in [-0.1, -0.05) is 23.7 Å². The zero-order chi connectivity index (χ0) is 22.3. The SMILES string of the molecule is CNC(=O)c1cccc(CCC(=O)Nc2cc(Cl)cc(C(=O)NC(C)(C)CO)c2)c1. The number of rotatable bonds is 8. The highest BCUT2D eigenvalue weighted by Gasteiger charge is 2.20. The second-order valence-electron chi connectivity index (χ2n) is 7.55. The van der Waals surface area contributed by atoms with Gasteiger partial charge in [-0.2, -0.15) is 0 Å². The maximum Gasteiger partial charge on any atom is 0.251 e. The van der Waals surface area contributed by atoms with Crippen LogP contribution in [-0.2, 0) is 11.2 Å². The number of aliphatic hydroxyl groups excluding tert-OH is 1. The number of amides is 3. The Bertz CT molecular complexity index is 944. The van der Waals surface area contributed by atoms with Crippen LogP contribution in [0.25, 0.3) is 0 Å². The van der Waals surface area contributed by atoms with E-state index in [-0.39, 0.29) is 30.4 Å². The molecule has 0 aliphatic rings. The van der Waals surface area contributed by atoms with Crippen LogP contribution in [0.15, 0.2) is 42.5 Å². The van der Waals surface area contributed by atoms with Crippen molar-refractivity contribution in [2.75, 3.05) is 19.0 Å². The molecule has 0 unspecified atom stereocenters. The first-order valence-corrected chi connectivity index (χ1v) is 9.86. The van der Waals surface area contributed by atoms with E-state index in [0.29, 0.717) is 22.7 Å². The van der Waals surface area contributed by atoms with Crippen LogP contribution in [0, 0.1) is 0 Å². The number of carbonyl (C=O) groups excluding carboxylic acids is 3. The summed E-state index contributed by atoms with van der Waals surface area (Å²) in [5, 5.41) is 17.6. The van der Waals surface area contributed by atoms with Crippen molar-refractivity contribution in [3.8, 4) is 0 Å². The molecule has 2 aromatic carbocycles. The van der Waals surface area contributed by atoms with Gasteiger partial charge in [-0.3, -0.25) is 14.4 Å². The molecular weight excluding hydrogens is 406 g/mol. The summed E-state index contributed by atoms with van der Waals surface area (Å²) in [7, 11) is 1.56. The third-order valence-corrected chi connectivity index (χ3v) is 4.57. The molecule has 8 heteroatoms. The monoisotopic (exact) mass is 431 g/mol. The van der Waals surface area contributed by atoms with E-state index in [9.17, 15) is 19.5 Å². The number of carbonyl (C=O) groups is 3. The second-order valence-corrected chi connectivity index (χ2v) is 7.99. The van der Waals surface area contributed by atoms with Gasteiger partial charge < -0.3 is 21.1 Å². The molecular formula is C22H26ClN3O4. The highest BCUT2D eigenvalue weighted by molar-refractivity contribution is 6.31. The van der Waals surface area contributed by atoms with Gasteiger partial charge in [0.2, 0.25) is 5.91 Å². The Morgan fingerprint density at radius 2 is 1.77 bits per heavy atom. The maximum atomic E-state index is 12.4. The lowest BCUT2D eigenvalue weighted by molar-refractivity contribution is -0.116. The number of nitrogens with one attached hydrogen (secondary N) is 3. The fraction of sp³-hybridized carbons (Fsp3) is 0.318. The lowest BCUT2D eigenvalue weighted by Crippen LogP contribution is -2.46. The van der Waals surface area contributed by atoms with Gasteiger partial charge in [0.05, 0.1) is 12.1 Å². The molecule has 3 amide bonds. The standard InChI is InChI=1S/C22H26ClN3O4/c1-22(2,13-27)26-21(30)16-10-17(23)12-18(11-16)25-19(28)8-7-14-5-4-6-15(9-14)20(29)24-3/h4-6,9-12,27H,7-8,13H2,1-3H3,(H,24,29)(H,25,28)(H,26,30). The number of anilines is 1. The van der Waals surface area contributed by atoms with Gasteiger partial charge in [-0.25, -0.2) is 0 Å². The molecule has 0 saturated carbocycles. The number of hydrogen-bond donors (Lipinski definition) is 4. The molecule has 0 aromatic heterocycles. The third kappa shape index (κ3) is 6.86. The molecule has 0 spiro atoms. The van der Waals surface area contributed by atoms with E-state index in [1.54, 1.807) is 45.2 Å². The van der Waals surface area contributed by atoms with Crippen molar-refractivity contribution in [3.05, 3.63) is 64.2 Å².